The summed E-state index contributed by atoms with van der Waals surface area (Å²) in [5.41, 5.74) is 1.16. The number of aliphatic hydroxyl groups is 1. The molecule has 1 N–H and O–H groups in total. The van der Waals surface area contributed by atoms with Gasteiger partial charge in [0.25, 0.3) is 0 Å². The van der Waals surface area contributed by atoms with Gasteiger partial charge in [0.2, 0.25) is 0 Å². The SMILES string of the molecule is COCCc1ccc(OC[C@@H](O)C=O)cc1. The van der Waals surface area contributed by atoms with Crippen LogP contribution in [0.1, 0.15) is 5.56 Å². The van der Waals surface area contributed by atoms with Gasteiger partial charge in [0.05, 0.1) is 6.61 Å². The van der Waals surface area contributed by atoms with Gasteiger partial charge in [-0.25, -0.2) is 0 Å². The summed E-state index contributed by atoms with van der Waals surface area (Å²) in [6.45, 7) is 0.672. The molecule has 0 unspecified atom stereocenters. The molecule has 4 nitrogen and oxygen atoms in total. The van der Waals surface area contributed by atoms with Gasteiger partial charge in [-0.1, -0.05) is 12.1 Å². The number of benzene rings is 1. The predicted octanol–water partition coefficient (Wildman–Crippen LogP) is 0.814. The zero-order valence-electron chi connectivity index (χ0n) is 9.26. The molecule has 1 aromatic carbocycles. The molecule has 0 radical (unpaired) electrons. The summed E-state index contributed by atoms with van der Waals surface area (Å²) < 4.78 is 10.2. The molecule has 0 aliphatic rings. The molecular weight excluding hydrogens is 208 g/mol. The van der Waals surface area contributed by atoms with Gasteiger partial charge in [0.1, 0.15) is 18.5 Å². The normalized spacial score (nSPS) is 12.1. The number of rotatable bonds is 7. The average Bonchev–Trinajstić information content (AvgIpc) is 2.34. The lowest BCUT2D eigenvalue weighted by molar-refractivity contribution is -0.116. The smallest absolute Gasteiger partial charge is 0.151 e. The van der Waals surface area contributed by atoms with E-state index in [4.69, 9.17) is 14.6 Å². The van der Waals surface area contributed by atoms with Crippen molar-refractivity contribution in [1.29, 1.82) is 0 Å². The lowest BCUT2D eigenvalue weighted by Gasteiger charge is -2.08. The third-order valence-corrected chi connectivity index (χ3v) is 2.10. The van der Waals surface area contributed by atoms with Gasteiger partial charge in [0, 0.05) is 7.11 Å². The Bertz CT molecular complexity index is 307. The van der Waals surface area contributed by atoms with Crippen LogP contribution in [0.5, 0.6) is 5.75 Å². The van der Waals surface area contributed by atoms with Crippen LogP contribution in [0.15, 0.2) is 24.3 Å². The number of hydrogen-bond donors (Lipinski definition) is 1. The van der Waals surface area contributed by atoms with E-state index in [1.165, 1.54) is 0 Å². The van der Waals surface area contributed by atoms with E-state index in [0.29, 0.717) is 18.6 Å². The third-order valence-electron chi connectivity index (χ3n) is 2.10. The van der Waals surface area contributed by atoms with E-state index in [2.05, 4.69) is 0 Å². The van der Waals surface area contributed by atoms with Crippen LogP contribution in [0, 0.1) is 0 Å². The Morgan fingerprint density at radius 2 is 2.06 bits per heavy atom. The molecule has 1 aromatic rings. The summed E-state index contributed by atoms with van der Waals surface area (Å²) in [4.78, 5) is 10.2. The summed E-state index contributed by atoms with van der Waals surface area (Å²) in [6, 6.07) is 7.48. The van der Waals surface area contributed by atoms with Gasteiger partial charge in [-0.05, 0) is 24.1 Å². The fourth-order valence-corrected chi connectivity index (χ4v) is 1.19. The van der Waals surface area contributed by atoms with Crippen LogP contribution >= 0.6 is 0 Å². The summed E-state index contributed by atoms with van der Waals surface area (Å²) >= 11 is 0. The molecule has 0 saturated carbocycles. The zero-order valence-corrected chi connectivity index (χ0v) is 9.26. The molecule has 0 bridgehead atoms. The van der Waals surface area contributed by atoms with Crippen molar-refractivity contribution in [2.24, 2.45) is 0 Å². The quantitative estimate of drug-likeness (QED) is 0.696. The first-order chi connectivity index (χ1) is 7.76. The number of carbonyl (C=O) groups is 1. The van der Waals surface area contributed by atoms with Gasteiger partial charge in [-0.15, -0.1) is 0 Å². The Morgan fingerprint density at radius 3 is 2.62 bits per heavy atom. The minimum absolute atomic E-state index is 0.0130. The van der Waals surface area contributed by atoms with Crippen molar-refractivity contribution in [3.05, 3.63) is 29.8 Å². The fraction of sp³-hybridized carbons (Fsp3) is 0.417. The lowest BCUT2D eigenvalue weighted by Crippen LogP contribution is -2.18. The second kappa shape index (κ2) is 6.98. The second-order valence-corrected chi connectivity index (χ2v) is 3.40. The monoisotopic (exact) mass is 224 g/mol. The van der Waals surface area contributed by atoms with Crippen LogP contribution in [0.4, 0.5) is 0 Å². The molecule has 0 aliphatic heterocycles. The number of hydrogen-bond acceptors (Lipinski definition) is 4. The van der Waals surface area contributed by atoms with E-state index in [-0.39, 0.29) is 6.61 Å². The molecule has 1 rings (SSSR count). The fourth-order valence-electron chi connectivity index (χ4n) is 1.19. The first-order valence-corrected chi connectivity index (χ1v) is 5.10. The van der Waals surface area contributed by atoms with Crippen LogP contribution in [0.3, 0.4) is 0 Å². The van der Waals surface area contributed by atoms with E-state index in [0.717, 1.165) is 12.0 Å². The van der Waals surface area contributed by atoms with Gasteiger partial charge in [0.15, 0.2) is 6.29 Å². The molecule has 16 heavy (non-hydrogen) atoms. The van der Waals surface area contributed by atoms with Crippen molar-refractivity contribution in [3.63, 3.8) is 0 Å². The number of methoxy groups -OCH3 is 1. The van der Waals surface area contributed by atoms with Crippen LogP contribution < -0.4 is 4.74 Å². The van der Waals surface area contributed by atoms with Crippen molar-refractivity contribution in [3.8, 4) is 5.75 Å². The van der Waals surface area contributed by atoms with Crippen LogP contribution in [-0.4, -0.2) is 37.8 Å². The predicted molar refractivity (Wildman–Crippen MR) is 59.6 cm³/mol. The third kappa shape index (κ3) is 4.42. The van der Waals surface area contributed by atoms with Crippen molar-refractivity contribution < 1.29 is 19.4 Å². The summed E-state index contributed by atoms with van der Waals surface area (Å²) in [7, 11) is 1.66. The highest BCUT2D eigenvalue weighted by atomic mass is 16.5. The first kappa shape index (κ1) is 12.7. The topological polar surface area (TPSA) is 55.8 Å². The largest absolute Gasteiger partial charge is 0.490 e. The van der Waals surface area contributed by atoms with Crippen LogP contribution in [0.25, 0.3) is 0 Å². The maximum absolute atomic E-state index is 10.2. The molecule has 0 spiro atoms. The summed E-state index contributed by atoms with van der Waals surface area (Å²) in [6.07, 6.45) is 0.244. The Labute approximate surface area is 94.8 Å². The molecule has 1 atom stereocenters. The van der Waals surface area contributed by atoms with Crippen molar-refractivity contribution in [2.45, 2.75) is 12.5 Å². The average molecular weight is 224 g/mol. The highest BCUT2D eigenvalue weighted by molar-refractivity contribution is 5.55. The Morgan fingerprint density at radius 1 is 1.38 bits per heavy atom. The molecular formula is C12H16O4. The maximum atomic E-state index is 10.2. The highest BCUT2D eigenvalue weighted by Gasteiger charge is 2.02. The molecule has 0 aromatic heterocycles. The summed E-state index contributed by atoms with van der Waals surface area (Å²) in [5.74, 6) is 0.641. The zero-order chi connectivity index (χ0) is 11.8. The minimum atomic E-state index is -1.06. The molecule has 0 aliphatic carbocycles. The van der Waals surface area contributed by atoms with Crippen molar-refractivity contribution in [1.82, 2.24) is 0 Å². The second-order valence-electron chi connectivity index (χ2n) is 3.40. The first-order valence-electron chi connectivity index (χ1n) is 5.10. The number of aliphatic hydroxyl groups excluding tert-OH is 1. The van der Waals surface area contributed by atoms with E-state index in [9.17, 15) is 4.79 Å². The van der Waals surface area contributed by atoms with Gasteiger partial charge < -0.3 is 19.4 Å². The number of ether oxygens (including phenoxy) is 2. The van der Waals surface area contributed by atoms with Gasteiger partial charge >= 0.3 is 0 Å². The molecule has 0 amide bonds. The van der Waals surface area contributed by atoms with Crippen molar-refractivity contribution >= 4 is 6.29 Å². The van der Waals surface area contributed by atoms with Crippen LogP contribution in [0.2, 0.25) is 0 Å². The molecule has 0 fully saturated rings. The Balaban J connectivity index is 2.41. The lowest BCUT2D eigenvalue weighted by atomic mass is 10.1. The summed E-state index contributed by atoms with van der Waals surface area (Å²) in [5, 5.41) is 8.98. The standard InChI is InChI=1S/C12H16O4/c1-15-7-6-10-2-4-12(5-3-10)16-9-11(14)8-13/h2-5,8,11,14H,6-7,9H2,1H3/t11-/m0/s1. The van der Waals surface area contributed by atoms with E-state index in [1.54, 1.807) is 7.11 Å². The number of carbonyl (C=O) groups excluding carboxylic acids is 1. The maximum Gasteiger partial charge on any atom is 0.151 e. The van der Waals surface area contributed by atoms with E-state index < -0.39 is 6.10 Å². The molecule has 88 valence electrons. The van der Waals surface area contributed by atoms with Crippen molar-refractivity contribution in [2.75, 3.05) is 20.3 Å². The Hall–Kier alpha value is -1.39. The van der Waals surface area contributed by atoms with Gasteiger partial charge in [-0.3, -0.25) is 0 Å². The van der Waals surface area contributed by atoms with Crippen LogP contribution in [-0.2, 0) is 16.0 Å². The molecule has 0 heterocycles. The molecule has 4 heteroatoms. The highest BCUT2D eigenvalue weighted by Crippen LogP contribution is 2.12. The Kier molecular flexibility index (Phi) is 5.53. The molecule has 0 saturated heterocycles. The van der Waals surface area contributed by atoms with E-state index in [1.807, 2.05) is 24.3 Å². The minimum Gasteiger partial charge on any atom is -0.490 e. The van der Waals surface area contributed by atoms with E-state index >= 15 is 0 Å². The van der Waals surface area contributed by atoms with Gasteiger partial charge in [-0.2, -0.15) is 0 Å². The number of aldehydes is 1.